The summed E-state index contributed by atoms with van der Waals surface area (Å²) in [6.07, 6.45) is 3.98. The first kappa shape index (κ1) is 12.9. The SMILES string of the molecule is CCC(CN)CN(C)CCN1CCCC1. The molecule has 0 aromatic rings. The lowest BCUT2D eigenvalue weighted by Gasteiger charge is -2.24. The summed E-state index contributed by atoms with van der Waals surface area (Å²) in [4.78, 5) is 5.00. The molecule has 1 saturated heterocycles. The van der Waals surface area contributed by atoms with Crippen LogP contribution >= 0.6 is 0 Å². The summed E-state index contributed by atoms with van der Waals surface area (Å²) < 4.78 is 0. The van der Waals surface area contributed by atoms with E-state index in [1.54, 1.807) is 0 Å². The van der Waals surface area contributed by atoms with E-state index in [1.165, 1.54) is 45.4 Å². The van der Waals surface area contributed by atoms with Gasteiger partial charge >= 0.3 is 0 Å². The van der Waals surface area contributed by atoms with Gasteiger partial charge in [-0.1, -0.05) is 13.3 Å². The number of likely N-dealkylation sites (N-methyl/N-ethyl adjacent to an activating group) is 1. The fraction of sp³-hybridized carbons (Fsp3) is 1.00. The third-order valence-electron chi connectivity index (χ3n) is 3.48. The smallest absolute Gasteiger partial charge is 0.0109 e. The van der Waals surface area contributed by atoms with Crippen molar-refractivity contribution < 1.29 is 0 Å². The molecule has 1 aliphatic heterocycles. The summed E-state index contributed by atoms with van der Waals surface area (Å²) >= 11 is 0. The average Bonchev–Trinajstić information content (AvgIpc) is 2.75. The standard InChI is InChI=1S/C12H27N3/c1-3-12(10-13)11-14(2)8-9-15-6-4-5-7-15/h12H,3-11,13H2,1-2H3. The van der Waals surface area contributed by atoms with Crippen molar-refractivity contribution in [1.82, 2.24) is 9.80 Å². The van der Waals surface area contributed by atoms with E-state index in [-0.39, 0.29) is 0 Å². The Morgan fingerprint density at radius 1 is 1.33 bits per heavy atom. The predicted octanol–water partition coefficient (Wildman–Crippen LogP) is 0.999. The Labute approximate surface area is 94.6 Å². The number of likely N-dealkylation sites (tertiary alicyclic amines) is 1. The van der Waals surface area contributed by atoms with Crippen molar-refractivity contribution in [3.63, 3.8) is 0 Å². The van der Waals surface area contributed by atoms with Crippen LogP contribution in [0.4, 0.5) is 0 Å². The van der Waals surface area contributed by atoms with E-state index in [1.807, 2.05) is 0 Å². The summed E-state index contributed by atoms with van der Waals surface area (Å²) in [5.74, 6) is 0.675. The molecule has 0 bridgehead atoms. The molecule has 1 rings (SSSR count). The minimum Gasteiger partial charge on any atom is -0.330 e. The number of rotatable bonds is 7. The summed E-state index contributed by atoms with van der Waals surface area (Å²) in [6, 6.07) is 0. The fourth-order valence-electron chi connectivity index (χ4n) is 2.22. The molecule has 3 nitrogen and oxygen atoms in total. The van der Waals surface area contributed by atoms with Crippen molar-refractivity contribution in [2.45, 2.75) is 26.2 Å². The summed E-state index contributed by atoms with van der Waals surface area (Å²) in [5.41, 5.74) is 5.71. The molecule has 0 aromatic carbocycles. The molecule has 0 spiro atoms. The first-order chi connectivity index (χ1) is 7.26. The van der Waals surface area contributed by atoms with Gasteiger partial charge in [0.2, 0.25) is 0 Å². The lowest BCUT2D eigenvalue weighted by Crippen LogP contribution is -2.35. The second-order valence-electron chi connectivity index (χ2n) is 4.82. The topological polar surface area (TPSA) is 32.5 Å². The van der Waals surface area contributed by atoms with Crippen LogP contribution in [0.1, 0.15) is 26.2 Å². The van der Waals surface area contributed by atoms with Crippen molar-refractivity contribution in [2.75, 3.05) is 46.3 Å². The van der Waals surface area contributed by atoms with Crippen molar-refractivity contribution in [2.24, 2.45) is 11.7 Å². The largest absolute Gasteiger partial charge is 0.330 e. The highest BCUT2D eigenvalue weighted by atomic mass is 15.2. The molecule has 15 heavy (non-hydrogen) atoms. The number of hydrogen-bond acceptors (Lipinski definition) is 3. The Kier molecular flexibility index (Phi) is 6.22. The Bertz CT molecular complexity index is 151. The fourth-order valence-corrected chi connectivity index (χ4v) is 2.22. The van der Waals surface area contributed by atoms with Gasteiger partial charge in [-0.15, -0.1) is 0 Å². The van der Waals surface area contributed by atoms with Crippen molar-refractivity contribution in [3.05, 3.63) is 0 Å². The zero-order valence-electron chi connectivity index (χ0n) is 10.4. The Hall–Kier alpha value is -0.120. The highest BCUT2D eigenvalue weighted by Crippen LogP contribution is 2.07. The second kappa shape index (κ2) is 7.20. The van der Waals surface area contributed by atoms with Crippen LogP contribution in [0.15, 0.2) is 0 Å². The van der Waals surface area contributed by atoms with E-state index in [0.29, 0.717) is 5.92 Å². The lowest BCUT2D eigenvalue weighted by atomic mass is 10.1. The molecule has 1 atom stereocenters. The Morgan fingerprint density at radius 2 is 2.00 bits per heavy atom. The molecule has 0 aliphatic carbocycles. The molecule has 0 saturated carbocycles. The normalized spacial score (nSPS) is 20.0. The zero-order valence-corrected chi connectivity index (χ0v) is 10.4. The molecule has 3 heteroatoms. The van der Waals surface area contributed by atoms with Gasteiger partial charge in [0.25, 0.3) is 0 Å². The number of hydrogen-bond donors (Lipinski definition) is 1. The number of nitrogens with zero attached hydrogens (tertiary/aromatic N) is 2. The van der Waals surface area contributed by atoms with Crippen LogP contribution in [0.2, 0.25) is 0 Å². The molecule has 90 valence electrons. The van der Waals surface area contributed by atoms with Crippen LogP contribution in [0.5, 0.6) is 0 Å². The maximum Gasteiger partial charge on any atom is 0.0109 e. The first-order valence-corrected chi connectivity index (χ1v) is 6.37. The van der Waals surface area contributed by atoms with Crippen molar-refractivity contribution in [3.8, 4) is 0 Å². The maximum atomic E-state index is 5.71. The summed E-state index contributed by atoms with van der Waals surface area (Å²) in [6.45, 7) is 9.25. The predicted molar refractivity (Wildman–Crippen MR) is 66.0 cm³/mol. The van der Waals surface area contributed by atoms with Gasteiger partial charge in [0, 0.05) is 19.6 Å². The van der Waals surface area contributed by atoms with Crippen LogP contribution in [0.3, 0.4) is 0 Å². The second-order valence-corrected chi connectivity index (χ2v) is 4.82. The zero-order chi connectivity index (χ0) is 11.1. The van der Waals surface area contributed by atoms with Gasteiger partial charge < -0.3 is 15.5 Å². The van der Waals surface area contributed by atoms with Gasteiger partial charge in [-0.05, 0) is 45.4 Å². The first-order valence-electron chi connectivity index (χ1n) is 6.37. The molecule has 0 aromatic heterocycles. The molecule has 1 heterocycles. The molecule has 0 amide bonds. The van der Waals surface area contributed by atoms with Crippen LogP contribution in [0, 0.1) is 5.92 Å². The van der Waals surface area contributed by atoms with E-state index >= 15 is 0 Å². The highest BCUT2D eigenvalue weighted by Gasteiger charge is 2.13. The third kappa shape index (κ3) is 4.96. The molecular formula is C12H27N3. The lowest BCUT2D eigenvalue weighted by molar-refractivity contribution is 0.230. The van der Waals surface area contributed by atoms with Gasteiger partial charge in [-0.3, -0.25) is 0 Å². The molecule has 1 fully saturated rings. The van der Waals surface area contributed by atoms with Gasteiger partial charge in [0.05, 0.1) is 0 Å². The highest BCUT2D eigenvalue weighted by molar-refractivity contribution is 4.69. The summed E-state index contributed by atoms with van der Waals surface area (Å²) in [7, 11) is 2.22. The average molecular weight is 213 g/mol. The van der Waals surface area contributed by atoms with E-state index in [4.69, 9.17) is 5.73 Å². The quantitative estimate of drug-likeness (QED) is 0.685. The minimum absolute atomic E-state index is 0.675. The minimum atomic E-state index is 0.675. The van der Waals surface area contributed by atoms with Crippen molar-refractivity contribution >= 4 is 0 Å². The summed E-state index contributed by atoms with van der Waals surface area (Å²) in [5, 5.41) is 0. The van der Waals surface area contributed by atoms with Gasteiger partial charge in [-0.2, -0.15) is 0 Å². The maximum absolute atomic E-state index is 5.71. The van der Waals surface area contributed by atoms with Crippen molar-refractivity contribution in [1.29, 1.82) is 0 Å². The van der Waals surface area contributed by atoms with Gasteiger partial charge in [-0.25, -0.2) is 0 Å². The Balaban J connectivity index is 2.08. The van der Waals surface area contributed by atoms with Crippen LogP contribution in [0.25, 0.3) is 0 Å². The monoisotopic (exact) mass is 213 g/mol. The number of nitrogens with two attached hydrogens (primary N) is 1. The van der Waals surface area contributed by atoms with Crippen LogP contribution in [-0.4, -0.2) is 56.1 Å². The molecule has 2 N–H and O–H groups in total. The van der Waals surface area contributed by atoms with Crippen LogP contribution < -0.4 is 5.73 Å². The van der Waals surface area contributed by atoms with Gasteiger partial charge in [0.15, 0.2) is 0 Å². The molecule has 0 radical (unpaired) electrons. The van der Waals surface area contributed by atoms with E-state index in [9.17, 15) is 0 Å². The van der Waals surface area contributed by atoms with Gasteiger partial charge in [0.1, 0.15) is 0 Å². The van der Waals surface area contributed by atoms with E-state index in [0.717, 1.165) is 13.1 Å². The Morgan fingerprint density at radius 3 is 2.53 bits per heavy atom. The molecule has 1 aliphatic rings. The van der Waals surface area contributed by atoms with Crippen LogP contribution in [-0.2, 0) is 0 Å². The molecule has 1 unspecified atom stereocenters. The third-order valence-corrected chi connectivity index (χ3v) is 3.48. The van der Waals surface area contributed by atoms with E-state index < -0.39 is 0 Å². The van der Waals surface area contributed by atoms with E-state index in [2.05, 4.69) is 23.8 Å². The molecular weight excluding hydrogens is 186 g/mol.